The fraction of sp³-hybridized carbons (Fsp3) is 0.308. The van der Waals surface area contributed by atoms with Gasteiger partial charge in [0, 0.05) is 6.07 Å². The third-order valence-electron chi connectivity index (χ3n) is 3.26. The number of rotatable bonds is 1. The first-order chi connectivity index (χ1) is 7.83. The largest absolute Gasteiger partial charge is 0.298 e. The summed E-state index contributed by atoms with van der Waals surface area (Å²) in [5.41, 5.74) is 4.80. The third kappa shape index (κ3) is 1.58. The van der Waals surface area contributed by atoms with Gasteiger partial charge >= 0.3 is 0 Å². The van der Waals surface area contributed by atoms with E-state index in [0.717, 1.165) is 17.7 Å². The molecule has 0 atom stereocenters. The summed E-state index contributed by atoms with van der Waals surface area (Å²) in [7, 11) is 0. The Morgan fingerprint density at radius 2 is 1.75 bits per heavy atom. The first kappa shape index (κ1) is 9.46. The number of nitrogens with one attached hydrogen (secondary N) is 2. The van der Waals surface area contributed by atoms with Gasteiger partial charge in [0.25, 0.3) is 5.56 Å². The average molecular weight is 214 g/mol. The van der Waals surface area contributed by atoms with Crippen LogP contribution in [0.15, 0.2) is 29.1 Å². The number of hydrogen-bond donors (Lipinski definition) is 2. The van der Waals surface area contributed by atoms with Crippen LogP contribution >= 0.6 is 0 Å². The molecule has 3 rings (SSSR count). The Kier molecular flexibility index (Phi) is 2.17. The molecular formula is C13H14N2O. The number of hydrogen-bond acceptors (Lipinski definition) is 1. The van der Waals surface area contributed by atoms with E-state index in [1.165, 1.54) is 30.4 Å². The number of fused-ring (bicyclic) bond motifs is 1. The minimum absolute atomic E-state index is 0.0762. The van der Waals surface area contributed by atoms with Gasteiger partial charge in [-0.2, -0.15) is 0 Å². The Morgan fingerprint density at radius 1 is 0.938 bits per heavy atom. The summed E-state index contributed by atoms with van der Waals surface area (Å²) in [4.78, 5) is 11.1. The van der Waals surface area contributed by atoms with E-state index < -0.39 is 0 Å². The minimum Gasteiger partial charge on any atom is -0.298 e. The van der Waals surface area contributed by atoms with E-state index in [9.17, 15) is 4.79 Å². The van der Waals surface area contributed by atoms with Crippen molar-refractivity contribution in [2.75, 3.05) is 0 Å². The minimum atomic E-state index is -0.0762. The van der Waals surface area contributed by atoms with Gasteiger partial charge in [0.15, 0.2) is 0 Å². The number of H-pyrrole nitrogens is 2. The van der Waals surface area contributed by atoms with Gasteiger partial charge in [-0.3, -0.25) is 15.0 Å². The van der Waals surface area contributed by atoms with Crippen LogP contribution in [0.1, 0.15) is 24.0 Å². The molecule has 0 unspecified atom stereocenters. The van der Waals surface area contributed by atoms with Gasteiger partial charge < -0.3 is 0 Å². The highest BCUT2D eigenvalue weighted by Gasteiger charge is 2.10. The van der Waals surface area contributed by atoms with Gasteiger partial charge in [0.05, 0.1) is 5.69 Å². The second-order valence-corrected chi connectivity index (χ2v) is 4.36. The van der Waals surface area contributed by atoms with Crippen LogP contribution in [0.4, 0.5) is 0 Å². The topological polar surface area (TPSA) is 48.6 Å². The molecule has 0 spiro atoms. The summed E-state index contributed by atoms with van der Waals surface area (Å²) in [6, 6.07) is 8.08. The summed E-state index contributed by atoms with van der Waals surface area (Å²) < 4.78 is 0. The van der Waals surface area contributed by atoms with Crippen molar-refractivity contribution in [1.29, 1.82) is 0 Å². The van der Waals surface area contributed by atoms with Crippen molar-refractivity contribution < 1.29 is 0 Å². The van der Waals surface area contributed by atoms with Crippen LogP contribution in [0.25, 0.3) is 11.3 Å². The summed E-state index contributed by atoms with van der Waals surface area (Å²) in [5.74, 6) is 0. The average Bonchev–Trinajstić information content (AvgIpc) is 2.75. The first-order valence-electron chi connectivity index (χ1n) is 5.73. The molecule has 0 bridgehead atoms. The maximum Gasteiger partial charge on any atom is 0.264 e. The number of aromatic nitrogens is 2. The van der Waals surface area contributed by atoms with E-state index in [-0.39, 0.29) is 5.56 Å². The Hall–Kier alpha value is -1.77. The van der Waals surface area contributed by atoms with Crippen molar-refractivity contribution >= 4 is 0 Å². The lowest BCUT2D eigenvalue weighted by atomic mass is 9.90. The van der Waals surface area contributed by atoms with Gasteiger partial charge in [-0.05, 0) is 48.4 Å². The molecule has 2 aromatic rings. The molecule has 0 saturated heterocycles. The van der Waals surface area contributed by atoms with Crippen molar-refractivity contribution in [1.82, 2.24) is 10.2 Å². The summed E-state index contributed by atoms with van der Waals surface area (Å²) in [5, 5.41) is 5.46. The van der Waals surface area contributed by atoms with Crippen molar-refractivity contribution in [3.05, 3.63) is 45.7 Å². The number of aryl methyl sites for hydroxylation is 2. The lowest BCUT2D eigenvalue weighted by Crippen LogP contribution is -2.02. The zero-order valence-corrected chi connectivity index (χ0v) is 9.05. The van der Waals surface area contributed by atoms with Crippen LogP contribution in [0, 0.1) is 0 Å². The molecule has 0 fully saturated rings. The molecule has 1 aliphatic carbocycles. The van der Waals surface area contributed by atoms with Gasteiger partial charge in [-0.1, -0.05) is 12.1 Å². The lowest BCUT2D eigenvalue weighted by molar-refractivity contribution is 0.686. The van der Waals surface area contributed by atoms with E-state index in [0.29, 0.717) is 0 Å². The zero-order chi connectivity index (χ0) is 11.0. The fourth-order valence-electron chi connectivity index (χ4n) is 2.39. The van der Waals surface area contributed by atoms with E-state index in [1.807, 2.05) is 0 Å². The molecule has 3 heteroatoms. The van der Waals surface area contributed by atoms with E-state index in [4.69, 9.17) is 0 Å². The zero-order valence-electron chi connectivity index (χ0n) is 9.05. The highest BCUT2D eigenvalue weighted by Crippen LogP contribution is 2.25. The van der Waals surface area contributed by atoms with Crippen molar-refractivity contribution in [2.24, 2.45) is 0 Å². The first-order valence-corrected chi connectivity index (χ1v) is 5.73. The van der Waals surface area contributed by atoms with Crippen LogP contribution < -0.4 is 5.56 Å². The van der Waals surface area contributed by atoms with Crippen LogP contribution in [0.3, 0.4) is 0 Å². The van der Waals surface area contributed by atoms with Gasteiger partial charge in [0.2, 0.25) is 0 Å². The summed E-state index contributed by atoms with van der Waals surface area (Å²) >= 11 is 0. The predicted octanol–water partition coefficient (Wildman–Crippen LogP) is 2.25. The molecular weight excluding hydrogens is 200 g/mol. The molecule has 2 N–H and O–H groups in total. The maximum atomic E-state index is 11.1. The standard InChI is InChI=1S/C13H14N2O/c16-13-8-12(14-15-13)11-6-5-9-3-1-2-4-10(9)7-11/h5-8H,1-4H2,(H2,14,15,16). The molecule has 1 aromatic heterocycles. The summed E-state index contributed by atoms with van der Waals surface area (Å²) in [6.07, 6.45) is 4.94. The van der Waals surface area contributed by atoms with Crippen LogP contribution in [-0.2, 0) is 12.8 Å². The van der Waals surface area contributed by atoms with Crippen LogP contribution in [0.5, 0.6) is 0 Å². The molecule has 1 aromatic carbocycles. The highest BCUT2D eigenvalue weighted by molar-refractivity contribution is 5.60. The SMILES string of the molecule is O=c1cc(-c2ccc3c(c2)CCCC3)[nH][nH]1. The Labute approximate surface area is 93.5 Å². The van der Waals surface area contributed by atoms with Crippen molar-refractivity contribution in [3.63, 3.8) is 0 Å². The quantitative estimate of drug-likeness (QED) is 0.751. The smallest absolute Gasteiger partial charge is 0.264 e. The molecule has 1 heterocycles. The fourth-order valence-corrected chi connectivity index (χ4v) is 2.39. The Morgan fingerprint density at radius 3 is 2.50 bits per heavy atom. The highest BCUT2D eigenvalue weighted by atomic mass is 16.1. The predicted molar refractivity (Wildman–Crippen MR) is 63.5 cm³/mol. The van der Waals surface area contributed by atoms with Crippen molar-refractivity contribution in [3.8, 4) is 11.3 Å². The molecule has 16 heavy (non-hydrogen) atoms. The number of aromatic amines is 2. The second-order valence-electron chi connectivity index (χ2n) is 4.36. The lowest BCUT2D eigenvalue weighted by Gasteiger charge is -2.16. The molecule has 0 aliphatic heterocycles. The normalized spacial score (nSPS) is 14.8. The van der Waals surface area contributed by atoms with Gasteiger partial charge in [-0.25, -0.2) is 0 Å². The van der Waals surface area contributed by atoms with Gasteiger partial charge in [-0.15, -0.1) is 0 Å². The number of benzene rings is 1. The Bertz CT molecular complexity index is 565. The van der Waals surface area contributed by atoms with Gasteiger partial charge in [0.1, 0.15) is 0 Å². The van der Waals surface area contributed by atoms with E-state index in [2.05, 4.69) is 28.4 Å². The molecule has 0 saturated carbocycles. The Balaban J connectivity index is 2.06. The maximum absolute atomic E-state index is 11.1. The van der Waals surface area contributed by atoms with E-state index >= 15 is 0 Å². The molecule has 1 aliphatic rings. The van der Waals surface area contributed by atoms with Crippen molar-refractivity contribution in [2.45, 2.75) is 25.7 Å². The molecule has 0 amide bonds. The monoisotopic (exact) mass is 214 g/mol. The molecule has 0 radical (unpaired) electrons. The third-order valence-corrected chi connectivity index (χ3v) is 3.26. The van der Waals surface area contributed by atoms with E-state index in [1.54, 1.807) is 6.07 Å². The molecule has 3 nitrogen and oxygen atoms in total. The summed E-state index contributed by atoms with van der Waals surface area (Å²) in [6.45, 7) is 0. The van der Waals surface area contributed by atoms with Crippen LogP contribution in [-0.4, -0.2) is 10.2 Å². The second kappa shape index (κ2) is 3.67. The molecule has 82 valence electrons. The van der Waals surface area contributed by atoms with Crippen LogP contribution in [0.2, 0.25) is 0 Å².